The number of hydrogen-bond acceptors (Lipinski definition) is 6. The molecule has 1 aromatic carbocycles. The number of halogens is 2. The van der Waals surface area contributed by atoms with Crippen LogP contribution in [0.3, 0.4) is 0 Å². The van der Waals surface area contributed by atoms with Crippen LogP contribution in [0.15, 0.2) is 58.5 Å². The fourth-order valence-corrected chi connectivity index (χ4v) is 7.44. The third kappa shape index (κ3) is 4.85. The lowest BCUT2D eigenvalue weighted by atomic mass is 9.80. The molecule has 7 rings (SSSR count). The lowest BCUT2D eigenvalue weighted by Gasteiger charge is -2.32. The molecule has 1 saturated carbocycles. The summed E-state index contributed by atoms with van der Waals surface area (Å²) in [5, 5.41) is 15.1. The number of pyridine rings is 1. The Morgan fingerprint density at radius 1 is 1.14 bits per heavy atom. The SMILES string of the molecule is N#CC1(Cn2ccc3cc(Cl)cc(-c4ccnc5cc(Cn6c(=O)c(F)cn(CC7CC7)c6=O)sc45)c32)CCNCC1. The molecule has 1 aliphatic heterocycles. The van der Waals surface area contributed by atoms with E-state index in [0.29, 0.717) is 29.5 Å². The monoisotopic (exact) mass is 602 g/mol. The zero-order valence-electron chi connectivity index (χ0n) is 22.8. The second-order valence-corrected chi connectivity index (χ2v) is 13.1. The highest BCUT2D eigenvalue weighted by Crippen LogP contribution is 2.41. The van der Waals surface area contributed by atoms with Gasteiger partial charge >= 0.3 is 5.69 Å². The van der Waals surface area contributed by atoms with E-state index in [1.54, 1.807) is 6.20 Å². The van der Waals surface area contributed by atoms with Crippen LogP contribution in [0.25, 0.3) is 32.2 Å². The molecule has 2 fully saturated rings. The van der Waals surface area contributed by atoms with Gasteiger partial charge in [0.1, 0.15) is 0 Å². The van der Waals surface area contributed by atoms with Crippen molar-refractivity contribution in [3.05, 3.63) is 85.5 Å². The minimum atomic E-state index is -0.929. The van der Waals surface area contributed by atoms with E-state index in [0.717, 1.165) is 81.1 Å². The van der Waals surface area contributed by atoms with Crippen LogP contribution in [0.1, 0.15) is 30.6 Å². The van der Waals surface area contributed by atoms with Gasteiger partial charge < -0.3 is 9.88 Å². The first-order valence-electron chi connectivity index (χ1n) is 14.1. The quantitative estimate of drug-likeness (QED) is 0.270. The molecule has 2 aliphatic rings. The van der Waals surface area contributed by atoms with Crippen molar-refractivity contribution in [3.63, 3.8) is 0 Å². The number of nitrogens with one attached hydrogen (secondary N) is 1. The minimum absolute atomic E-state index is 0.0411. The highest BCUT2D eigenvalue weighted by atomic mass is 35.5. The molecule has 0 radical (unpaired) electrons. The lowest BCUT2D eigenvalue weighted by Crippen LogP contribution is -2.41. The predicted molar refractivity (Wildman–Crippen MR) is 162 cm³/mol. The van der Waals surface area contributed by atoms with Crippen molar-refractivity contribution in [2.75, 3.05) is 13.1 Å². The van der Waals surface area contributed by atoms with Gasteiger partial charge in [-0.25, -0.2) is 4.79 Å². The molecule has 0 bridgehead atoms. The van der Waals surface area contributed by atoms with Crippen LogP contribution in [0.2, 0.25) is 5.02 Å². The van der Waals surface area contributed by atoms with E-state index in [1.807, 2.05) is 36.5 Å². The van der Waals surface area contributed by atoms with Crippen molar-refractivity contribution in [3.8, 4) is 17.2 Å². The van der Waals surface area contributed by atoms with Crippen LogP contribution in [-0.2, 0) is 19.6 Å². The van der Waals surface area contributed by atoms with Crippen LogP contribution in [0.5, 0.6) is 0 Å². The van der Waals surface area contributed by atoms with Gasteiger partial charge in [0.25, 0.3) is 5.56 Å². The molecule has 0 atom stereocenters. The topological polar surface area (TPSA) is 97.6 Å². The summed E-state index contributed by atoms with van der Waals surface area (Å²) in [6, 6.07) is 12.3. The van der Waals surface area contributed by atoms with E-state index >= 15 is 0 Å². The van der Waals surface area contributed by atoms with Gasteiger partial charge in [0.2, 0.25) is 5.82 Å². The fraction of sp³-hybridized carbons (Fsp3) is 0.355. The van der Waals surface area contributed by atoms with Crippen molar-refractivity contribution in [2.45, 2.75) is 45.3 Å². The molecule has 0 amide bonds. The second-order valence-electron chi connectivity index (χ2n) is 11.5. The van der Waals surface area contributed by atoms with Crippen molar-refractivity contribution in [2.24, 2.45) is 11.3 Å². The number of benzene rings is 1. The summed E-state index contributed by atoms with van der Waals surface area (Å²) in [7, 11) is 0. The van der Waals surface area contributed by atoms with Crippen molar-refractivity contribution in [1.29, 1.82) is 5.26 Å². The van der Waals surface area contributed by atoms with Gasteiger partial charge in [-0.2, -0.15) is 9.65 Å². The van der Waals surface area contributed by atoms with E-state index in [2.05, 4.69) is 20.9 Å². The zero-order valence-corrected chi connectivity index (χ0v) is 24.3. The predicted octanol–water partition coefficient (Wildman–Crippen LogP) is 5.39. The van der Waals surface area contributed by atoms with Crippen molar-refractivity contribution < 1.29 is 4.39 Å². The van der Waals surface area contributed by atoms with E-state index in [4.69, 9.17) is 11.6 Å². The average Bonchev–Trinajstić information content (AvgIpc) is 3.57. The maximum absolute atomic E-state index is 14.6. The van der Waals surface area contributed by atoms with Crippen LogP contribution in [0.4, 0.5) is 4.39 Å². The first-order chi connectivity index (χ1) is 20.3. The first-order valence-corrected chi connectivity index (χ1v) is 15.3. The fourth-order valence-electron chi connectivity index (χ4n) is 6.09. The Balaban J connectivity index is 1.32. The number of aromatic nitrogens is 4. The number of thiophene rings is 1. The zero-order chi connectivity index (χ0) is 29.0. The average molecular weight is 603 g/mol. The first kappa shape index (κ1) is 27.1. The standard InChI is InChI=1S/C31H28ClFN6O2S/c32-21-11-20-4-10-37(18-31(17-34)5-8-35-9-6-31)27(20)24(12-21)23-3-7-36-26-13-22(42-28(23)26)15-39-29(40)25(33)16-38(30(39)41)14-19-1-2-19/h3-4,7,10-13,16,19,35H,1-2,5-6,8-9,14-15,18H2. The normalized spacial score (nSPS) is 16.7. The third-order valence-corrected chi connectivity index (χ3v) is 9.87. The molecule has 42 heavy (non-hydrogen) atoms. The Labute approximate surface area is 249 Å². The molecule has 214 valence electrons. The highest BCUT2D eigenvalue weighted by Gasteiger charge is 2.33. The van der Waals surface area contributed by atoms with Crippen molar-refractivity contribution >= 4 is 44.1 Å². The lowest BCUT2D eigenvalue weighted by molar-refractivity contribution is 0.247. The van der Waals surface area contributed by atoms with Crippen molar-refractivity contribution in [1.82, 2.24) is 24.0 Å². The molecule has 0 unspecified atom stereocenters. The molecule has 5 heterocycles. The smallest absolute Gasteiger partial charge is 0.331 e. The van der Waals surface area contributed by atoms with E-state index in [9.17, 15) is 19.2 Å². The number of fused-ring (bicyclic) bond motifs is 2. The molecule has 1 N–H and O–H groups in total. The third-order valence-electron chi connectivity index (χ3n) is 8.51. The molecular formula is C31H28ClFN6O2S. The molecule has 1 saturated heterocycles. The summed E-state index contributed by atoms with van der Waals surface area (Å²) in [5.74, 6) is -0.573. The molecule has 1 aliphatic carbocycles. The molecular weight excluding hydrogens is 575 g/mol. The van der Waals surface area contributed by atoms with Gasteiger partial charge in [-0.3, -0.25) is 18.9 Å². The van der Waals surface area contributed by atoms with Gasteiger partial charge in [-0.1, -0.05) is 11.6 Å². The molecule has 0 spiro atoms. The van der Waals surface area contributed by atoms with Crippen LogP contribution < -0.4 is 16.6 Å². The molecule has 4 aromatic heterocycles. The number of piperidine rings is 1. The summed E-state index contributed by atoms with van der Waals surface area (Å²) in [4.78, 5) is 31.1. The van der Waals surface area contributed by atoms with E-state index in [-0.39, 0.29) is 6.54 Å². The highest BCUT2D eigenvalue weighted by molar-refractivity contribution is 7.19. The van der Waals surface area contributed by atoms with Gasteiger partial charge in [0, 0.05) is 51.9 Å². The number of nitriles is 1. The number of nitrogens with zero attached hydrogens (tertiary/aromatic N) is 5. The van der Waals surface area contributed by atoms with Gasteiger partial charge in [0.05, 0.1) is 40.0 Å². The van der Waals surface area contributed by atoms with Gasteiger partial charge in [-0.05, 0) is 75.0 Å². The summed E-state index contributed by atoms with van der Waals surface area (Å²) in [5.41, 5.74) is 1.65. The largest absolute Gasteiger partial charge is 0.345 e. The summed E-state index contributed by atoms with van der Waals surface area (Å²) >= 11 is 8.03. The summed E-state index contributed by atoms with van der Waals surface area (Å²) in [6.45, 7) is 2.58. The Bertz CT molecular complexity index is 2010. The second kappa shape index (κ2) is 10.5. The van der Waals surface area contributed by atoms with Gasteiger partial charge in [0.15, 0.2) is 0 Å². The Hall–Kier alpha value is -3.78. The Morgan fingerprint density at radius 2 is 1.95 bits per heavy atom. The molecule has 8 nitrogen and oxygen atoms in total. The molecule has 11 heteroatoms. The van der Waals surface area contributed by atoms with E-state index in [1.165, 1.54) is 15.9 Å². The molecule has 5 aromatic rings. The van der Waals surface area contributed by atoms with E-state index < -0.39 is 22.5 Å². The number of hydrogen-bond donors (Lipinski definition) is 1. The number of rotatable bonds is 7. The summed E-state index contributed by atoms with van der Waals surface area (Å²) in [6.07, 6.45) is 8.36. The van der Waals surface area contributed by atoms with Crippen LogP contribution >= 0.6 is 22.9 Å². The maximum Gasteiger partial charge on any atom is 0.331 e. The van der Waals surface area contributed by atoms with Crippen LogP contribution in [-0.4, -0.2) is 31.8 Å². The Morgan fingerprint density at radius 3 is 2.71 bits per heavy atom. The minimum Gasteiger partial charge on any atom is -0.345 e. The summed E-state index contributed by atoms with van der Waals surface area (Å²) < 4.78 is 19.9. The Kier molecular flexibility index (Phi) is 6.76. The van der Waals surface area contributed by atoms with Gasteiger partial charge in [-0.15, -0.1) is 11.3 Å². The maximum atomic E-state index is 14.6. The van der Waals surface area contributed by atoms with Crippen LogP contribution in [0, 0.1) is 28.5 Å².